The molecule has 3 aromatic rings. The second-order valence-electron chi connectivity index (χ2n) is 7.76. The van der Waals surface area contributed by atoms with E-state index >= 15 is 0 Å². The molecule has 0 radical (unpaired) electrons. The first-order valence-electron chi connectivity index (χ1n) is 11.5. The number of rotatable bonds is 6. The van der Waals surface area contributed by atoms with Crippen LogP contribution in [-0.4, -0.2) is 32.7 Å². The molecule has 1 aromatic carbocycles. The second-order valence-corrected chi connectivity index (χ2v) is 9.49. The number of amides is 1. The Morgan fingerprint density at radius 3 is 2.47 bits per heavy atom. The minimum Gasteiger partial charge on any atom is -0.350 e. The van der Waals surface area contributed by atoms with Gasteiger partial charge in [-0.2, -0.15) is 0 Å². The van der Waals surface area contributed by atoms with Gasteiger partial charge in [-0.1, -0.05) is 41.5 Å². The quantitative estimate of drug-likeness (QED) is 0.404. The molecule has 1 saturated carbocycles. The fraction of sp³-hybridized carbons (Fsp3) is 0.542. The van der Waals surface area contributed by atoms with E-state index in [0.717, 1.165) is 27.7 Å². The molecule has 1 aliphatic rings. The van der Waals surface area contributed by atoms with Crippen LogP contribution in [0.3, 0.4) is 0 Å². The summed E-state index contributed by atoms with van der Waals surface area (Å²) in [6.07, 6.45) is 5.96. The van der Waals surface area contributed by atoms with Crippen LogP contribution < -0.4 is 10.9 Å². The Morgan fingerprint density at radius 1 is 1.25 bits per heavy atom. The van der Waals surface area contributed by atoms with Crippen molar-refractivity contribution >= 4 is 50.1 Å². The van der Waals surface area contributed by atoms with Gasteiger partial charge in [0.2, 0.25) is 0 Å². The Hall–Kier alpha value is -1.80. The van der Waals surface area contributed by atoms with Gasteiger partial charge in [-0.05, 0) is 59.0 Å². The van der Waals surface area contributed by atoms with Gasteiger partial charge in [0.25, 0.3) is 11.5 Å². The number of nitrogens with zero attached hydrogens (tertiary/aromatic N) is 3. The van der Waals surface area contributed by atoms with E-state index in [2.05, 4.69) is 40.1 Å². The van der Waals surface area contributed by atoms with Crippen molar-refractivity contribution in [1.82, 2.24) is 19.3 Å². The Bertz CT molecular complexity index is 1130. The third-order valence-electron chi connectivity index (χ3n) is 5.00. The zero-order valence-electron chi connectivity index (χ0n) is 20.2. The first-order chi connectivity index (χ1) is 15.4. The molecule has 0 saturated heterocycles. The molecule has 1 aliphatic carbocycles. The van der Waals surface area contributed by atoms with Crippen LogP contribution >= 0.6 is 27.7 Å². The van der Waals surface area contributed by atoms with Crippen LogP contribution in [0.5, 0.6) is 0 Å². The summed E-state index contributed by atoms with van der Waals surface area (Å²) < 4.78 is 4.37. The Labute approximate surface area is 203 Å². The van der Waals surface area contributed by atoms with Gasteiger partial charge in [0.15, 0.2) is 11.3 Å². The highest BCUT2D eigenvalue weighted by Gasteiger charge is 2.25. The number of halogens is 1. The molecule has 0 atom stereocenters. The van der Waals surface area contributed by atoms with Crippen LogP contribution in [0.1, 0.15) is 64.9 Å². The van der Waals surface area contributed by atoms with Gasteiger partial charge in [0.1, 0.15) is 6.33 Å². The van der Waals surface area contributed by atoms with E-state index in [9.17, 15) is 9.59 Å². The van der Waals surface area contributed by atoms with Crippen LogP contribution in [-0.2, 0) is 6.54 Å². The normalized spacial score (nSPS) is 12.9. The van der Waals surface area contributed by atoms with E-state index in [-0.39, 0.29) is 17.4 Å². The summed E-state index contributed by atoms with van der Waals surface area (Å²) in [5.41, 5.74) is 1.51. The number of carbonyl (C=O) groups excluding carboxylic acids is 1. The summed E-state index contributed by atoms with van der Waals surface area (Å²) in [5.74, 6) is 0.613. The summed E-state index contributed by atoms with van der Waals surface area (Å²) in [7, 11) is 0. The Kier molecular flexibility index (Phi) is 9.83. The van der Waals surface area contributed by atoms with Crippen molar-refractivity contribution < 1.29 is 4.79 Å². The fourth-order valence-corrected chi connectivity index (χ4v) is 4.72. The summed E-state index contributed by atoms with van der Waals surface area (Å²) in [4.78, 5) is 31.6. The van der Waals surface area contributed by atoms with Gasteiger partial charge in [-0.3, -0.25) is 18.6 Å². The molecule has 1 amide bonds. The van der Waals surface area contributed by atoms with Crippen molar-refractivity contribution in [2.75, 3.05) is 12.8 Å². The van der Waals surface area contributed by atoms with Gasteiger partial charge < -0.3 is 5.32 Å². The van der Waals surface area contributed by atoms with Crippen LogP contribution in [0.15, 0.2) is 32.6 Å². The van der Waals surface area contributed by atoms with E-state index in [1.54, 1.807) is 22.7 Å². The Balaban J connectivity index is 0.000000860. The average molecular weight is 524 g/mol. The van der Waals surface area contributed by atoms with Crippen LogP contribution in [0.25, 0.3) is 16.6 Å². The number of imidazole rings is 1. The number of hydrogen-bond donors (Lipinski definition) is 1. The van der Waals surface area contributed by atoms with E-state index < -0.39 is 0 Å². The zero-order valence-corrected chi connectivity index (χ0v) is 22.6. The summed E-state index contributed by atoms with van der Waals surface area (Å²) in [6, 6.07) is 3.90. The monoisotopic (exact) mass is 522 g/mol. The molecule has 0 spiro atoms. The lowest BCUT2D eigenvalue weighted by Crippen LogP contribution is -2.29. The molecule has 32 heavy (non-hydrogen) atoms. The summed E-state index contributed by atoms with van der Waals surface area (Å²) in [5, 5.41) is 3.59. The number of aromatic nitrogens is 3. The maximum Gasteiger partial charge on any atom is 0.273 e. The van der Waals surface area contributed by atoms with Crippen LogP contribution in [0, 0.1) is 11.8 Å². The van der Waals surface area contributed by atoms with Gasteiger partial charge in [0.05, 0.1) is 10.9 Å². The average Bonchev–Trinajstić information content (AvgIpc) is 3.53. The number of hydrogen-bond acceptors (Lipinski definition) is 4. The predicted molar refractivity (Wildman–Crippen MR) is 139 cm³/mol. The molecule has 0 unspecified atom stereocenters. The first-order valence-corrected chi connectivity index (χ1v) is 13.5. The zero-order chi connectivity index (χ0) is 24.0. The van der Waals surface area contributed by atoms with E-state index in [0.29, 0.717) is 35.7 Å². The van der Waals surface area contributed by atoms with Gasteiger partial charge >= 0.3 is 0 Å². The SMILES string of the molecule is CC.CC.CSc1cc(Br)c2c(c1)c(=O)n(CC(C)C)c1c(C(=O)NCC3CC3)ncn21. The fourth-order valence-electron chi connectivity index (χ4n) is 3.44. The lowest BCUT2D eigenvalue weighted by molar-refractivity contribution is 0.0948. The lowest BCUT2D eigenvalue weighted by atomic mass is 10.2. The molecule has 8 heteroatoms. The number of fused-ring (bicyclic) bond motifs is 3. The van der Waals surface area contributed by atoms with Crippen molar-refractivity contribution in [1.29, 1.82) is 0 Å². The molecule has 0 bridgehead atoms. The highest BCUT2D eigenvalue weighted by Crippen LogP contribution is 2.30. The van der Waals surface area contributed by atoms with Gasteiger partial charge in [0, 0.05) is 22.5 Å². The highest BCUT2D eigenvalue weighted by atomic mass is 79.9. The first kappa shape index (κ1) is 26.5. The van der Waals surface area contributed by atoms with Crippen molar-refractivity contribution in [2.45, 2.75) is 65.8 Å². The number of carbonyl (C=O) groups is 1. The van der Waals surface area contributed by atoms with Crippen molar-refractivity contribution in [3.63, 3.8) is 0 Å². The number of benzene rings is 1. The summed E-state index contributed by atoms with van der Waals surface area (Å²) >= 11 is 5.20. The van der Waals surface area contributed by atoms with Crippen LogP contribution in [0.4, 0.5) is 0 Å². The topological polar surface area (TPSA) is 68.4 Å². The van der Waals surface area contributed by atoms with Crippen LogP contribution in [0.2, 0.25) is 0 Å². The minimum atomic E-state index is -0.220. The molecule has 6 nitrogen and oxygen atoms in total. The smallest absolute Gasteiger partial charge is 0.273 e. The van der Waals surface area contributed by atoms with Crippen molar-refractivity contribution in [3.8, 4) is 0 Å². The predicted octanol–water partition coefficient (Wildman–Crippen LogP) is 5.98. The molecule has 0 aliphatic heterocycles. The summed E-state index contributed by atoms with van der Waals surface area (Å²) in [6.45, 7) is 13.3. The third kappa shape index (κ3) is 5.57. The Morgan fingerprint density at radius 2 is 1.91 bits per heavy atom. The van der Waals surface area contributed by atoms with Gasteiger partial charge in [-0.15, -0.1) is 11.8 Å². The molecule has 4 rings (SSSR count). The maximum atomic E-state index is 13.4. The molecule has 2 heterocycles. The van der Waals surface area contributed by atoms with Gasteiger partial charge in [-0.25, -0.2) is 4.98 Å². The molecule has 176 valence electrons. The maximum absolute atomic E-state index is 13.4. The second kappa shape index (κ2) is 11.9. The van der Waals surface area contributed by atoms with Crippen molar-refractivity contribution in [3.05, 3.63) is 39.0 Å². The number of thioether (sulfide) groups is 1. The van der Waals surface area contributed by atoms with E-state index in [1.165, 1.54) is 0 Å². The largest absolute Gasteiger partial charge is 0.350 e. The number of nitrogens with one attached hydrogen (secondary N) is 1. The third-order valence-corrected chi connectivity index (χ3v) is 6.31. The molecular formula is C24H35BrN4O2S. The highest BCUT2D eigenvalue weighted by molar-refractivity contribution is 9.10. The van der Waals surface area contributed by atoms with Crippen molar-refractivity contribution in [2.24, 2.45) is 11.8 Å². The molecular weight excluding hydrogens is 488 g/mol. The lowest BCUT2D eigenvalue weighted by Gasteiger charge is -2.16. The molecule has 1 N–H and O–H groups in total. The van der Waals surface area contributed by atoms with E-state index in [1.807, 2.05) is 50.5 Å². The standard InChI is InChI=1S/C20H23BrN4O2S.2C2H6/c1-11(2)9-24-19-16(18(26)22-8-12-4-5-12)23-10-25(19)17-14(20(24)27)6-13(28-3)7-15(17)21;2*1-2/h6-7,10-12H,4-5,8-9H2,1-3H3,(H,22,26);2*1-2H3. The molecule has 1 fully saturated rings. The van der Waals surface area contributed by atoms with E-state index in [4.69, 9.17) is 0 Å². The minimum absolute atomic E-state index is 0.0930. The molecule has 2 aromatic heterocycles.